The van der Waals surface area contributed by atoms with Crippen LogP contribution >= 0.6 is 7.82 Å². The van der Waals surface area contributed by atoms with E-state index in [9.17, 15) is 19.0 Å². The number of hydrogen-bond donors (Lipinski definition) is 1. The molecule has 0 aliphatic heterocycles. The molecule has 0 saturated carbocycles. The molecule has 0 fully saturated rings. The second kappa shape index (κ2) is 38.0. The predicted molar refractivity (Wildman–Crippen MR) is 233 cm³/mol. The van der Waals surface area contributed by atoms with Gasteiger partial charge in [-0.25, -0.2) is 4.57 Å². The monoisotopic (exact) mass is 807 g/mol. The number of phosphoric acid groups is 1. The maximum atomic E-state index is 12.7. The Balaban J connectivity index is 4.49. The van der Waals surface area contributed by atoms with E-state index in [1.54, 1.807) is 0 Å². The first-order valence-corrected chi connectivity index (χ1v) is 23.2. The number of carbonyl (C=O) groups is 2. The number of hydrogen-bond acceptors (Lipinski definition) is 7. The predicted octanol–water partition coefficient (Wildman–Crippen LogP) is 12.2. The van der Waals surface area contributed by atoms with E-state index in [0.717, 1.165) is 57.8 Å². The number of carbonyl (C=O) groups excluding carboxylic acids is 2. The fraction of sp³-hybridized carbons (Fsp3) is 0.696. The number of nitrogens with zero attached hydrogens (tertiary/aromatic N) is 1. The molecule has 0 aromatic rings. The van der Waals surface area contributed by atoms with Gasteiger partial charge in [-0.2, -0.15) is 0 Å². The Morgan fingerprint density at radius 2 is 1.02 bits per heavy atom. The van der Waals surface area contributed by atoms with Crippen LogP contribution in [0.1, 0.15) is 155 Å². The number of ether oxygens (including phenoxy) is 2. The minimum absolute atomic E-state index is 0.0182. The van der Waals surface area contributed by atoms with Gasteiger partial charge in [-0.1, -0.05) is 164 Å². The average molecular weight is 807 g/mol. The van der Waals surface area contributed by atoms with E-state index in [-0.39, 0.29) is 26.1 Å². The quantitative estimate of drug-likeness (QED) is 0.0216. The van der Waals surface area contributed by atoms with Gasteiger partial charge >= 0.3 is 19.8 Å². The topological polar surface area (TPSA) is 108 Å². The molecule has 0 saturated heterocycles. The number of unbranched alkanes of at least 4 members (excludes halogenated alkanes) is 12. The van der Waals surface area contributed by atoms with Gasteiger partial charge in [0, 0.05) is 12.8 Å². The third kappa shape index (κ3) is 41.1. The molecule has 0 aromatic carbocycles. The summed E-state index contributed by atoms with van der Waals surface area (Å²) in [7, 11) is 1.43. The minimum atomic E-state index is -4.39. The fourth-order valence-corrected chi connectivity index (χ4v) is 6.13. The number of quaternary nitrogens is 1. The van der Waals surface area contributed by atoms with Crippen LogP contribution in [0.3, 0.4) is 0 Å². The van der Waals surface area contributed by atoms with Gasteiger partial charge in [0.2, 0.25) is 0 Å². The minimum Gasteiger partial charge on any atom is -0.462 e. The van der Waals surface area contributed by atoms with Crippen molar-refractivity contribution in [2.24, 2.45) is 0 Å². The van der Waals surface area contributed by atoms with Crippen LogP contribution in [0.2, 0.25) is 0 Å². The Kier molecular flexibility index (Phi) is 36.3. The lowest BCUT2D eigenvalue weighted by Gasteiger charge is -2.24. The number of phosphoric ester groups is 1. The van der Waals surface area contributed by atoms with Crippen LogP contribution in [-0.2, 0) is 32.7 Å². The molecule has 322 valence electrons. The molecule has 0 aromatic heterocycles. The first kappa shape index (κ1) is 53.5. The number of rotatable bonds is 38. The molecule has 0 spiro atoms. The average Bonchev–Trinajstić information content (AvgIpc) is 3.15. The molecule has 0 radical (unpaired) electrons. The Morgan fingerprint density at radius 1 is 0.571 bits per heavy atom. The summed E-state index contributed by atoms with van der Waals surface area (Å²) in [5.74, 6) is -0.900. The van der Waals surface area contributed by atoms with Crippen molar-refractivity contribution in [1.29, 1.82) is 0 Å². The van der Waals surface area contributed by atoms with Gasteiger partial charge in [0.05, 0.1) is 27.7 Å². The maximum absolute atomic E-state index is 12.7. The zero-order chi connectivity index (χ0) is 41.4. The van der Waals surface area contributed by atoms with Crippen LogP contribution in [-0.4, -0.2) is 74.9 Å². The van der Waals surface area contributed by atoms with Crippen molar-refractivity contribution >= 4 is 19.8 Å². The van der Waals surface area contributed by atoms with Crippen molar-refractivity contribution in [3.05, 3.63) is 72.9 Å². The molecule has 0 rings (SSSR count). The van der Waals surface area contributed by atoms with Gasteiger partial charge in [0.1, 0.15) is 19.8 Å². The molecule has 1 unspecified atom stereocenters. The van der Waals surface area contributed by atoms with Gasteiger partial charge in [-0.05, 0) is 51.4 Å². The molecular weight excluding hydrogens is 725 g/mol. The number of esters is 2. The highest BCUT2D eigenvalue weighted by Crippen LogP contribution is 2.43. The molecule has 0 bridgehead atoms. The molecule has 2 atom stereocenters. The van der Waals surface area contributed by atoms with E-state index < -0.39 is 32.5 Å². The fourth-order valence-electron chi connectivity index (χ4n) is 5.39. The third-order valence-electron chi connectivity index (χ3n) is 8.76. The molecule has 1 N–H and O–H groups in total. The second-order valence-corrected chi connectivity index (χ2v) is 16.8. The normalized spacial score (nSPS) is 14.3. The van der Waals surface area contributed by atoms with E-state index in [2.05, 4.69) is 74.6 Å². The Labute approximate surface area is 342 Å². The molecular formula is C46H81NO8P+. The highest BCUT2D eigenvalue weighted by molar-refractivity contribution is 7.47. The summed E-state index contributed by atoms with van der Waals surface area (Å²) < 4.78 is 34.2. The van der Waals surface area contributed by atoms with E-state index in [1.807, 2.05) is 33.3 Å². The lowest BCUT2D eigenvalue weighted by molar-refractivity contribution is -0.870. The zero-order valence-corrected chi connectivity index (χ0v) is 37.0. The van der Waals surface area contributed by atoms with Crippen molar-refractivity contribution in [2.45, 2.75) is 161 Å². The van der Waals surface area contributed by atoms with Crippen LogP contribution in [0.15, 0.2) is 72.9 Å². The zero-order valence-electron chi connectivity index (χ0n) is 36.1. The summed E-state index contributed by atoms with van der Waals surface area (Å²) in [6, 6.07) is 0. The van der Waals surface area contributed by atoms with E-state index in [0.29, 0.717) is 23.9 Å². The van der Waals surface area contributed by atoms with Gasteiger partial charge in [0.15, 0.2) is 6.10 Å². The largest absolute Gasteiger partial charge is 0.472 e. The van der Waals surface area contributed by atoms with Gasteiger partial charge < -0.3 is 18.9 Å². The smallest absolute Gasteiger partial charge is 0.462 e. The maximum Gasteiger partial charge on any atom is 0.472 e. The van der Waals surface area contributed by atoms with E-state index in [1.165, 1.54) is 57.8 Å². The molecule has 10 heteroatoms. The summed E-state index contributed by atoms with van der Waals surface area (Å²) in [5.41, 5.74) is 0. The van der Waals surface area contributed by atoms with Crippen LogP contribution < -0.4 is 0 Å². The van der Waals surface area contributed by atoms with E-state index in [4.69, 9.17) is 18.5 Å². The Hall–Kier alpha value is -2.55. The number of likely N-dealkylation sites (N-methyl/N-ethyl adjacent to an activating group) is 1. The van der Waals surface area contributed by atoms with Crippen LogP contribution in [0.25, 0.3) is 0 Å². The Bertz CT molecular complexity index is 1180. The van der Waals surface area contributed by atoms with Gasteiger partial charge in [-0.15, -0.1) is 0 Å². The molecule has 0 heterocycles. The van der Waals surface area contributed by atoms with Crippen molar-refractivity contribution in [1.82, 2.24) is 0 Å². The van der Waals surface area contributed by atoms with Crippen LogP contribution in [0.4, 0.5) is 0 Å². The first-order chi connectivity index (χ1) is 27.0. The van der Waals surface area contributed by atoms with Crippen molar-refractivity contribution in [2.75, 3.05) is 47.5 Å². The molecule has 56 heavy (non-hydrogen) atoms. The third-order valence-corrected chi connectivity index (χ3v) is 9.75. The van der Waals surface area contributed by atoms with E-state index >= 15 is 0 Å². The van der Waals surface area contributed by atoms with Crippen molar-refractivity contribution in [3.8, 4) is 0 Å². The van der Waals surface area contributed by atoms with Gasteiger partial charge in [0.25, 0.3) is 0 Å². The summed E-state index contributed by atoms with van der Waals surface area (Å²) in [6.07, 6.45) is 46.8. The molecule has 0 aliphatic rings. The van der Waals surface area contributed by atoms with Crippen molar-refractivity contribution < 1.29 is 42.1 Å². The first-order valence-electron chi connectivity index (χ1n) is 21.7. The SMILES string of the molecule is CC/C=C/C/C=C/C/C=C/C/C=C/C/C=C/C/C=C/CCC(=O)OC[C@@H](COP(=O)(O)OCC[N+](C)(C)C)OC(=O)CCCCCCCCCCCCCCC. The summed E-state index contributed by atoms with van der Waals surface area (Å²) in [4.78, 5) is 35.3. The number of allylic oxidation sites excluding steroid dienone is 12. The Morgan fingerprint density at radius 3 is 1.48 bits per heavy atom. The summed E-state index contributed by atoms with van der Waals surface area (Å²) >= 11 is 0. The lowest BCUT2D eigenvalue weighted by atomic mass is 10.0. The second-order valence-electron chi connectivity index (χ2n) is 15.4. The standard InChI is InChI=1S/C46H80NO8P/c1-6-8-10-12-14-16-18-20-21-22-23-24-25-27-28-30-32-34-36-38-45(48)52-42-44(43-54-56(50,51)53-41-40-47(3,4)5)55-46(49)39-37-35-33-31-29-26-19-17-15-13-11-9-7-2/h8,10,14,16,20-21,23-24,27-28,32,34,44H,6-7,9,11-13,15,17-19,22,25-26,29-31,33,35-43H2,1-5H3/p+1/b10-8+,16-14+,21-20+,24-23+,28-27+,34-32+/t44-/m0/s1. The summed E-state index contributed by atoms with van der Waals surface area (Å²) in [6.45, 7) is 4.20. The van der Waals surface area contributed by atoms with Gasteiger partial charge in [-0.3, -0.25) is 18.6 Å². The van der Waals surface area contributed by atoms with Crippen LogP contribution in [0.5, 0.6) is 0 Å². The highest BCUT2D eigenvalue weighted by Gasteiger charge is 2.27. The highest BCUT2D eigenvalue weighted by atomic mass is 31.2. The van der Waals surface area contributed by atoms with Crippen LogP contribution in [0, 0.1) is 0 Å². The van der Waals surface area contributed by atoms with Crippen molar-refractivity contribution in [3.63, 3.8) is 0 Å². The molecule has 0 aliphatic carbocycles. The lowest BCUT2D eigenvalue weighted by Crippen LogP contribution is -2.37. The summed E-state index contributed by atoms with van der Waals surface area (Å²) in [5, 5.41) is 0. The molecule has 0 amide bonds. The molecule has 9 nitrogen and oxygen atoms in total.